The first-order chi connectivity index (χ1) is 9.78. The van der Waals surface area contributed by atoms with Gasteiger partial charge in [-0.15, -0.1) is 0 Å². The van der Waals surface area contributed by atoms with Gasteiger partial charge in [-0.1, -0.05) is 12.1 Å². The molecule has 0 bridgehead atoms. The molecule has 0 unspecified atom stereocenters. The van der Waals surface area contributed by atoms with Gasteiger partial charge in [-0.3, -0.25) is 4.68 Å². The van der Waals surface area contributed by atoms with Crippen molar-refractivity contribution in [3.63, 3.8) is 0 Å². The molecular formula is C16H21N3O. The third-order valence-electron chi connectivity index (χ3n) is 3.88. The largest absolute Gasteiger partial charge is 0.497 e. The highest BCUT2D eigenvalue weighted by molar-refractivity contribution is 5.50. The number of nitrogens with one attached hydrogen (secondary N) is 1. The molecule has 0 spiro atoms. The van der Waals surface area contributed by atoms with E-state index in [4.69, 9.17) is 9.84 Å². The van der Waals surface area contributed by atoms with E-state index in [2.05, 4.69) is 17.4 Å². The van der Waals surface area contributed by atoms with E-state index in [0.717, 1.165) is 25.1 Å². The summed E-state index contributed by atoms with van der Waals surface area (Å²) in [7, 11) is 3.72. The maximum atomic E-state index is 5.29. The number of ether oxygens (including phenoxy) is 1. The van der Waals surface area contributed by atoms with Gasteiger partial charge in [0.25, 0.3) is 0 Å². The van der Waals surface area contributed by atoms with Crippen molar-refractivity contribution in [2.75, 3.05) is 19.0 Å². The topological polar surface area (TPSA) is 39.1 Å². The minimum Gasteiger partial charge on any atom is -0.497 e. The molecule has 0 aliphatic carbocycles. The van der Waals surface area contributed by atoms with Gasteiger partial charge in [-0.25, -0.2) is 0 Å². The molecule has 0 amide bonds. The van der Waals surface area contributed by atoms with Crippen molar-refractivity contribution in [1.29, 1.82) is 0 Å². The van der Waals surface area contributed by atoms with Crippen LogP contribution in [0.1, 0.15) is 29.7 Å². The van der Waals surface area contributed by atoms with Crippen molar-refractivity contribution in [2.24, 2.45) is 7.05 Å². The number of aryl methyl sites for hydroxylation is 1. The van der Waals surface area contributed by atoms with Crippen LogP contribution in [0, 0.1) is 0 Å². The molecule has 1 aromatic carbocycles. The molecule has 1 aliphatic rings. The third kappa shape index (κ3) is 2.50. The standard InChI is InChI=1S/C16H21N3O/c1-19-16-14(8-3-4-9-17-16)15(18-19)11-12-6-5-7-13(10-12)20-2/h5-7,10,17H,3-4,8-9,11H2,1-2H3. The van der Waals surface area contributed by atoms with Crippen LogP contribution in [-0.4, -0.2) is 23.4 Å². The molecule has 0 fully saturated rings. The van der Waals surface area contributed by atoms with E-state index >= 15 is 0 Å². The number of aromatic nitrogens is 2. The Morgan fingerprint density at radius 1 is 1.35 bits per heavy atom. The number of methoxy groups -OCH3 is 1. The van der Waals surface area contributed by atoms with Crippen LogP contribution in [0.5, 0.6) is 5.75 Å². The Kier molecular flexibility index (Phi) is 3.63. The van der Waals surface area contributed by atoms with Crippen LogP contribution in [0.15, 0.2) is 24.3 Å². The van der Waals surface area contributed by atoms with Gasteiger partial charge in [0.15, 0.2) is 0 Å². The van der Waals surface area contributed by atoms with Gasteiger partial charge in [-0.05, 0) is 37.0 Å². The molecule has 3 rings (SSSR count). The number of benzene rings is 1. The first-order valence-corrected chi connectivity index (χ1v) is 7.19. The molecule has 106 valence electrons. The van der Waals surface area contributed by atoms with Gasteiger partial charge in [0, 0.05) is 25.6 Å². The number of rotatable bonds is 3. The number of anilines is 1. The fraction of sp³-hybridized carbons (Fsp3) is 0.438. The van der Waals surface area contributed by atoms with E-state index in [-0.39, 0.29) is 0 Å². The second-order valence-electron chi connectivity index (χ2n) is 5.31. The lowest BCUT2D eigenvalue weighted by Gasteiger charge is -2.05. The first kappa shape index (κ1) is 13.0. The van der Waals surface area contributed by atoms with Crippen LogP contribution in [0.2, 0.25) is 0 Å². The van der Waals surface area contributed by atoms with Crippen LogP contribution in [0.25, 0.3) is 0 Å². The fourth-order valence-corrected chi connectivity index (χ4v) is 2.86. The first-order valence-electron chi connectivity index (χ1n) is 7.19. The van der Waals surface area contributed by atoms with Crippen LogP contribution in [0.4, 0.5) is 5.82 Å². The molecule has 4 nitrogen and oxygen atoms in total. The molecule has 0 atom stereocenters. The SMILES string of the molecule is COc1cccc(Cc2nn(C)c3c2CCCCN3)c1. The Labute approximate surface area is 119 Å². The third-order valence-corrected chi connectivity index (χ3v) is 3.88. The summed E-state index contributed by atoms with van der Waals surface area (Å²) < 4.78 is 7.27. The van der Waals surface area contributed by atoms with Crippen molar-refractivity contribution < 1.29 is 4.74 Å². The summed E-state index contributed by atoms with van der Waals surface area (Å²) in [5.74, 6) is 2.10. The molecule has 2 aromatic rings. The molecule has 20 heavy (non-hydrogen) atoms. The van der Waals surface area contributed by atoms with Crippen LogP contribution >= 0.6 is 0 Å². The zero-order valence-electron chi connectivity index (χ0n) is 12.1. The van der Waals surface area contributed by atoms with Crippen molar-refractivity contribution in [2.45, 2.75) is 25.7 Å². The van der Waals surface area contributed by atoms with Gasteiger partial charge in [0.2, 0.25) is 0 Å². The lowest BCUT2D eigenvalue weighted by Crippen LogP contribution is -2.04. The summed E-state index contributed by atoms with van der Waals surface area (Å²) >= 11 is 0. The van der Waals surface area contributed by atoms with Crippen molar-refractivity contribution in [3.8, 4) is 5.75 Å². The Balaban J connectivity index is 1.90. The second kappa shape index (κ2) is 5.57. The van der Waals surface area contributed by atoms with Crippen molar-refractivity contribution in [1.82, 2.24) is 9.78 Å². The molecule has 1 aliphatic heterocycles. The summed E-state index contributed by atoms with van der Waals surface area (Å²) in [6.45, 7) is 1.05. The zero-order valence-corrected chi connectivity index (χ0v) is 12.1. The summed E-state index contributed by atoms with van der Waals surface area (Å²) in [6.07, 6.45) is 4.45. The molecule has 1 aromatic heterocycles. The Morgan fingerprint density at radius 3 is 3.10 bits per heavy atom. The van der Waals surface area contributed by atoms with Crippen molar-refractivity contribution >= 4 is 5.82 Å². The Morgan fingerprint density at radius 2 is 2.25 bits per heavy atom. The summed E-state index contributed by atoms with van der Waals surface area (Å²) in [4.78, 5) is 0. The maximum absolute atomic E-state index is 5.29. The summed E-state index contributed by atoms with van der Waals surface area (Å²) in [6, 6.07) is 8.23. The number of hydrogen-bond acceptors (Lipinski definition) is 3. The fourth-order valence-electron chi connectivity index (χ4n) is 2.86. The molecule has 0 saturated carbocycles. The highest BCUT2D eigenvalue weighted by Gasteiger charge is 2.18. The molecule has 1 N–H and O–H groups in total. The Hall–Kier alpha value is -1.97. The van der Waals surface area contributed by atoms with Crippen molar-refractivity contribution in [3.05, 3.63) is 41.1 Å². The molecule has 4 heteroatoms. The number of hydrogen-bond donors (Lipinski definition) is 1. The molecule has 0 radical (unpaired) electrons. The van der Waals surface area contributed by atoms with E-state index in [1.165, 1.54) is 35.5 Å². The summed E-state index contributed by atoms with van der Waals surface area (Å²) in [5, 5.41) is 8.20. The van der Waals surface area contributed by atoms with Gasteiger partial charge < -0.3 is 10.1 Å². The minimum absolute atomic E-state index is 0.863. The van der Waals surface area contributed by atoms with Gasteiger partial charge in [0.1, 0.15) is 11.6 Å². The molecule has 2 heterocycles. The average molecular weight is 271 g/mol. The van der Waals surface area contributed by atoms with Crippen LogP contribution in [-0.2, 0) is 19.9 Å². The molecular weight excluding hydrogens is 250 g/mol. The monoisotopic (exact) mass is 271 g/mol. The van der Waals surface area contributed by atoms with Crippen LogP contribution in [0.3, 0.4) is 0 Å². The zero-order chi connectivity index (χ0) is 13.9. The smallest absolute Gasteiger partial charge is 0.127 e. The van der Waals surface area contributed by atoms with Gasteiger partial charge in [-0.2, -0.15) is 5.10 Å². The Bertz CT molecular complexity index is 604. The molecule has 0 saturated heterocycles. The minimum atomic E-state index is 0.863. The quantitative estimate of drug-likeness (QED) is 0.933. The predicted molar refractivity (Wildman–Crippen MR) is 80.4 cm³/mol. The van der Waals surface area contributed by atoms with Gasteiger partial charge >= 0.3 is 0 Å². The second-order valence-corrected chi connectivity index (χ2v) is 5.31. The lowest BCUT2D eigenvalue weighted by atomic mass is 10.0. The predicted octanol–water partition coefficient (Wildman–Crippen LogP) is 2.77. The van der Waals surface area contributed by atoms with E-state index in [1.54, 1.807) is 7.11 Å². The highest BCUT2D eigenvalue weighted by Crippen LogP contribution is 2.26. The van der Waals surface area contributed by atoms with E-state index in [0.29, 0.717) is 0 Å². The van der Waals surface area contributed by atoms with E-state index in [9.17, 15) is 0 Å². The van der Waals surface area contributed by atoms with Gasteiger partial charge in [0.05, 0.1) is 12.8 Å². The number of fused-ring (bicyclic) bond motifs is 1. The summed E-state index contributed by atoms with van der Waals surface area (Å²) in [5.41, 5.74) is 3.81. The van der Waals surface area contributed by atoms with Crippen LogP contribution < -0.4 is 10.1 Å². The maximum Gasteiger partial charge on any atom is 0.127 e. The van der Waals surface area contributed by atoms with E-state index < -0.39 is 0 Å². The normalized spacial score (nSPS) is 14.3. The number of nitrogens with zero attached hydrogens (tertiary/aromatic N) is 2. The highest BCUT2D eigenvalue weighted by atomic mass is 16.5. The average Bonchev–Trinajstić information content (AvgIpc) is 2.67. The lowest BCUT2D eigenvalue weighted by molar-refractivity contribution is 0.414. The van der Waals surface area contributed by atoms with E-state index in [1.807, 2.05) is 23.9 Å².